The second-order valence-corrected chi connectivity index (χ2v) is 9.53. The summed E-state index contributed by atoms with van der Waals surface area (Å²) in [5.41, 5.74) is 0. The number of fused-ring (bicyclic) bond motifs is 2. The zero-order valence-electron chi connectivity index (χ0n) is 14.3. The molecule has 0 aromatic carbocycles. The van der Waals surface area contributed by atoms with Crippen LogP contribution in [-0.4, -0.2) is 56.1 Å². The summed E-state index contributed by atoms with van der Waals surface area (Å²) >= 11 is 0. The van der Waals surface area contributed by atoms with Gasteiger partial charge >= 0.3 is 5.76 Å². The van der Waals surface area contributed by atoms with Crippen molar-refractivity contribution in [1.82, 2.24) is 14.9 Å². The smallest absolute Gasteiger partial charge is 0.350 e. The van der Waals surface area contributed by atoms with Gasteiger partial charge in [-0.2, -0.15) is 13.1 Å². The summed E-state index contributed by atoms with van der Waals surface area (Å²) in [5, 5.41) is 6.51. The van der Waals surface area contributed by atoms with E-state index in [1.165, 1.54) is 12.8 Å². The molecule has 0 aromatic rings. The summed E-state index contributed by atoms with van der Waals surface area (Å²) in [6.45, 7) is 0.703. The lowest BCUT2D eigenvalue weighted by atomic mass is 9.89. The molecule has 3 fully saturated rings. The second-order valence-electron chi connectivity index (χ2n) is 7.63. The SMILES string of the molecule is O=C(CC1CC2CCC(C1)N2)NCC1CCN(S(=O)(=O)C(F)F)CC1. The number of carbonyl (C=O) groups excluding carboxylic acids is 1. The van der Waals surface area contributed by atoms with E-state index in [0.29, 0.717) is 43.8 Å². The molecule has 3 saturated heterocycles. The Hall–Kier alpha value is -0.800. The molecule has 1 amide bonds. The van der Waals surface area contributed by atoms with Gasteiger partial charge in [0.2, 0.25) is 5.91 Å². The molecule has 3 aliphatic rings. The van der Waals surface area contributed by atoms with Crippen molar-refractivity contribution >= 4 is 15.9 Å². The maximum absolute atomic E-state index is 12.5. The van der Waals surface area contributed by atoms with Crippen LogP contribution in [0, 0.1) is 11.8 Å². The average molecular weight is 379 g/mol. The normalized spacial score (nSPS) is 31.4. The Kier molecular flexibility index (Phi) is 5.95. The maximum atomic E-state index is 12.5. The van der Waals surface area contributed by atoms with Crippen molar-refractivity contribution in [3.05, 3.63) is 0 Å². The summed E-state index contributed by atoms with van der Waals surface area (Å²) in [6, 6.07) is 1.13. The van der Waals surface area contributed by atoms with Gasteiger partial charge in [0.1, 0.15) is 0 Å². The molecule has 2 bridgehead atoms. The molecular weight excluding hydrogens is 352 g/mol. The van der Waals surface area contributed by atoms with E-state index < -0.39 is 15.8 Å². The fourth-order valence-electron chi connectivity index (χ4n) is 4.41. The van der Waals surface area contributed by atoms with Crippen LogP contribution in [0.3, 0.4) is 0 Å². The number of rotatable bonds is 6. The lowest BCUT2D eigenvalue weighted by Gasteiger charge is -2.31. The van der Waals surface area contributed by atoms with Gasteiger partial charge in [0.05, 0.1) is 0 Å². The van der Waals surface area contributed by atoms with Crippen molar-refractivity contribution in [2.24, 2.45) is 11.8 Å². The van der Waals surface area contributed by atoms with E-state index in [4.69, 9.17) is 0 Å². The van der Waals surface area contributed by atoms with E-state index in [0.717, 1.165) is 17.1 Å². The lowest BCUT2D eigenvalue weighted by molar-refractivity contribution is -0.122. The number of nitrogens with zero attached hydrogens (tertiary/aromatic N) is 1. The van der Waals surface area contributed by atoms with Crippen LogP contribution in [0.4, 0.5) is 8.78 Å². The molecule has 0 spiro atoms. The Morgan fingerprint density at radius 1 is 1.08 bits per heavy atom. The molecule has 0 aliphatic carbocycles. The predicted molar refractivity (Wildman–Crippen MR) is 89.5 cm³/mol. The van der Waals surface area contributed by atoms with Crippen molar-refractivity contribution in [2.75, 3.05) is 19.6 Å². The zero-order valence-corrected chi connectivity index (χ0v) is 15.1. The molecule has 0 aromatic heterocycles. The van der Waals surface area contributed by atoms with Crippen molar-refractivity contribution in [3.8, 4) is 0 Å². The van der Waals surface area contributed by atoms with E-state index in [1.807, 2.05) is 0 Å². The minimum atomic E-state index is -4.47. The fraction of sp³-hybridized carbons (Fsp3) is 0.938. The van der Waals surface area contributed by atoms with Gasteiger partial charge in [-0.3, -0.25) is 4.79 Å². The van der Waals surface area contributed by atoms with Gasteiger partial charge in [0, 0.05) is 38.1 Å². The van der Waals surface area contributed by atoms with Crippen molar-refractivity contribution in [2.45, 2.75) is 62.8 Å². The third-order valence-electron chi connectivity index (χ3n) is 5.79. The third-order valence-corrected chi connectivity index (χ3v) is 7.33. The molecule has 0 saturated carbocycles. The molecule has 9 heteroatoms. The van der Waals surface area contributed by atoms with Gasteiger partial charge in [0.15, 0.2) is 0 Å². The monoisotopic (exact) mass is 379 g/mol. The quantitative estimate of drug-likeness (QED) is 0.729. The van der Waals surface area contributed by atoms with E-state index in [-0.39, 0.29) is 24.9 Å². The highest BCUT2D eigenvalue weighted by atomic mass is 32.2. The van der Waals surface area contributed by atoms with E-state index >= 15 is 0 Å². The number of piperidine rings is 2. The topological polar surface area (TPSA) is 78.5 Å². The van der Waals surface area contributed by atoms with Crippen LogP contribution in [0.2, 0.25) is 0 Å². The molecule has 3 heterocycles. The number of hydrogen-bond acceptors (Lipinski definition) is 4. The Labute approximate surface area is 147 Å². The number of carbonyl (C=O) groups is 1. The number of amides is 1. The summed E-state index contributed by atoms with van der Waals surface area (Å²) < 4.78 is 48.8. The maximum Gasteiger partial charge on any atom is 0.350 e. The van der Waals surface area contributed by atoms with E-state index in [2.05, 4.69) is 10.6 Å². The van der Waals surface area contributed by atoms with E-state index in [1.54, 1.807) is 0 Å². The third kappa shape index (κ3) is 4.68. The van der Waals surface area contributed by atoms with Crippen LogP contribution < -0.4 is 10.6 Å². The minimum absolute atomic E-state index is 0.0499. The summed E-state index contributed by atoms with van der Waals surface area (Å²) in [4.78, 5) is 12.2. The Morgan fingerprint density at radius 3 is 2.24 bits per heavy atom. The molecule has 25 heavy (non-hydrogen) atoms. The number of sulfonamides is 1. The van der Waals surface area contributed by atoms with Gasteiger partial charge < -0.3 is 10.6 Å². The number of halogens is 2. The first-order valence-electron chi connectivity index (χ1n) is 9.14. The Balaban J connectivity index is 1.36. The molecule has 144 valence electrons. The molecule has 3 aliphatic heterocycles. The number of hydrogen-bond donors (Lipinski definition) is 2. The largest absolute Gasteiger partial charge is 0.356 e. The van der Waals surface area contributed by atoms with Crippen LogP contribution in [0.5, 0.6) is 0 Å². The predicted octanol–water partition coefficient (Wildman–Crippen LogP) is 1.29. The van der Waals surface area contributed by atoms with Gasteiger partial charge in [-0.25, -0.2) is 8.42 Å². The van der Waals surface area contributed by atoms with Gasteiger partial charge in [-0.05, 0) is 50.4 Å². The van der Waals surface area contributed by atoms with Crippen LogP contribution in [0.15, 0.2) is 0 Å². The van der Waals surface area contributed by atoms with Crippen LogP contribution >= 0.6 is 0 Å². The van der Waals surface area contributed by atoms with Crippen LogP contribution in [0.1, 0.15) is 44.9 Å². The standard InChI is InChI=1S/C16H27F2N3O3S/c17-16(18)25(23,24)21-5-3-11(4-6-21)10-19-15(22)9-12-7-13-1-2-14(8-12)20-13/h11-14,16,20H,1-10H2,(H,19,22). The average Bonchev–Trinajstić information content (AvgIpc) is 2.92. The summed E-state index contributed by atoms with van der Waals surface area (Å²) in [5.74, 6) is -2.72. The molecule has 3 rings (SSSR count). The molecule has 0 radical (unpaired) electrons. The first-order valence-corrected chi connectivity index (χ1v) is 10.6. The summed E-state index contributed by atoms with van der Waals surface area (Å²) in [6.07, 6.45) is 6.11. The molecular formula is C16H27F2N3O3S. The highest BCUT2D eigenvalue weighted by molar-refractivity contribution is 7.89. The summed E-state index contributed by atoms with van der Waals surface area (Å²) in [7, 11) is -4.47. The molecule has 6 nitrogen and oxygen atoms in total. The lowest BCUT2D eigenvalue weighted by Crippen LogP contribution is -2.44. The van der Waals surface area contributed by atoms with Gasteiger partial charge in [-0.1, -0.05) is 0 Å². The molecule has 2 N–H and O–H groups in total. The minimum Gasteiger partial charge on any atom is -0.356 e. The molecule has 2 atom stereocenters. The van der Waals surface area contributed by atoms with Crippen molar-refractivity contribution < 1.29 is 22.0 Å². The van der Waals surface area contributed by atoms with Gasteiger partial charge in [0.25, 0.3) is 10.0 Å². The van der Waals surface area contributed by atoms with Gasteiger partial charge in [-0.15, -0.1) is 0 Å². The van der Waals surface area contributed by atoms with Crippen molar-refractivity contribution in [1.29, 1.82) is 0 Å². The highest BCUT2D eigenvalue weighted by Crippen LogP contribution is 2.32. The highest BCUT2D eigenvalue weighted by Gasteiger charge is 2.36. The van der Waals surface area contributed by atoms with E-state index in [9.17, 15) is 22.0 Å². The number of alkyl halides is 2. The van der Waals surface area contributed by atoms with Crippen LogP contribution in [0.25, 0.3) is 0 Å². The zero-order chi connectivity index (χ0) is 18.0. The van der Waals surface area contributed by atoms with Crippen LogP contribution in [-0.2, 0) is 14.8 Å². The van der Waals surface area contributed by atoms with Crippen molar-refractivity contribution in [3.63, 3.8) is 0 Å². The first kappa shape index (κ1) is 19.0. The Bertz CT molecular complexity index is 567. The second kappa shape index (κ2) is 7.84. The molecule has 2 unspecified atom stereocenters. The Morgan fingerprint density at radius 2 is 1.68 bits per heavy atom. The number of nitrogens with one attached hydrogen (secondary N) is 2. The fourth-order valence-corrected chi connectivity index (χ4v) is 5.36. The first-order chi connectivity index (χ1) is 11.8.